The smallest absolute Gasteiger partial charge is 0.0857 e. The van der Waals surface area contributed by atoms with Crippen LogP contribution in [0.5, 0.6) is 0 Å². The van der Waals surface area contributed by atoms with Gasteiger partial charge in [-0.15, -0.1) is 0 Å². The number of nitrogens with one attached hydrogen (secondary N) is 1. The van der Waals surface area contributed by atoms with E-state index in [9.17, 15) is 0 Å². The van der Waals surface area contributed by atoms with Crippen LogP contribution < -0.4 is 11.3 Å². The fourth-order valence-corrected chi connectivity index (χ4v) is 2.41. The second kappa shape index (κ2) is 6.61. The van der Waals surface area contributed by atoms with Crippen LogP contribution in [0.3, 0.4) is 0 Å². The molecule has 98 valence electrons. The summed E-state index contributed by atoms with van der Waals surface area (Å²) in [5.74, 6) is 5.71. The minimum absolute atomic E-state index is 0.0104. The molecule has 1 aliphatic carbocycles. The Morgan fingerprint density at radius 2 is 2.00 bits per heavy atom. The Hall–Kier alpha value is -1.26. The van der Waals surface area contributed by atoms with E-state index in [2.05, 4.69) is 21.5 Å². The van der Waals surface area contributed by atoms with Gasteiger partial charge in [0, 0.05) is 6.20 Å². The van der Waals surface area contributed by atoms with Gasteiger partial charge < -0.3 is 0 Å². The lowest BCUT2D eigenvalue weighted by atomic mass is 9.94. The molecule has 1 aliphatic rings. The maximum Gasteiger partial charge on any atom is 0.0857 e. The Labute approximate surface area is 109 Å². The molecule has 1 aromatic heterocycles. The number of aryl methyl sites for hydroxylation is 1. The molecular weight excluding hydrogens is 224 g/mol. The predicted molar refractivity (Wildman–Crippen MR) is 72.6 cm³/mol. The fourth-order valence-electron chi connectivity index (χ4n) is 2.41. The molecule has 0 saturated carbocycles. The SMILES string of the molecule is Cc1cnc(C(NN)C2=CCCCCCC2)cn1. The van der Waals surface area contributed by atoms with Crippen molar-refractivity contribution >= 4 is 0 Å². The number of rotatable bonds is 3. The Morgan fingerprint density at radius 1 is 1.17 bits per heavy atom. The summed E-state index contributed by atoms with van der Waals surface area (Å²) in [6.07, 6.45) is 13.4. The van der Waals surface area contributed by atoms with Crippen LogP contribution in [0.15, 0.2) is 24.0 Å². The first-order valence-corrected chi connectivity index (χ1v) is 6.75. The number of nitrogens with two attached hydrogens (primary N) is 1. The van der Waals surface area contributed by atoms with Crippen molar-refractivity contribution in [1.82, 2.24) is 15.4 Å². The summed E-state index contributed by atoms with van der Waals surface area (Å²) in [6.45, 7) is 1.94. The minimum Gasteiger partial charge on any atom is -0.271 e. The summed E-state index contributed by atoms with van der Waals surface area (Å²) in [6, 6.07) is 0.0104. The Morgan fingerprint density at radius 3 is 2.72 bits per heavy atom. The van der Waals surface area contributed by atoms with Crippen LogP contribution >= 0.6 is 0 Å². The highest BCUT2D eigenvalue weighted by Gasteiger charge is 2.17. The number of hydrogen-bond donors (Lipinski definition) is 2. The van der Waals surface area contributed by atoms with Gasteiger partial charge in [0.15, 0.2) is 0 Å². The van der Waals surface area contributed by atoms with Crippen molar-refractivity contribution in [3.05, 3.63) is 35.4 Å². The van der Waals surface area contributed by atoms with Gasteiger partial charge in [0.1, 0.15) is 0 Å². The molecule has 4 nitrogen and oxygen atoms in total. The van der Waals surface area contributed by atoms with Crippen molar-refractivity contribution in [2.24, 2.45) is 5.84 Å². The number of allylic oxidation sites excluding steroid dienone is 1. The number of hydrogen-bond acceptors (Lipinski definition) is 4. The van der Waals surface area contributed by atoms with Crippen LogP contribution in [-0.2, 0) is 0 Å². The van der Waals surface area contributed by atoms with Gasteiger partial charge in [-0.1, -0.05) is 18.9 Å². The molecule has 0 amide bonds. The third-order valence-corrected chi connectivity index (χ3v) is 3.46. The molecule has 0 fully saturated rings. The van der Waals surface area contributed by atoms with Crippen LogP contribution in [0.25, 0.3) is 0 Å². The highest BCUT2D eigenvalue weighted by atomic mass is 15.2. The lowest BCUT2D eigenvalue weighted by Gasteiger charge is -2.20. The van der Waals surface area contributed by atoms with E-state index >= 15 is 0 Å². The number of hydrazine groups is 1. The zero-order chi connectivity index (χ0) is 12.8. The highest BCUT2D eigenvalue weighted by molar-refractivity contribution is 5.21. The van der Waals surface area contributed by atoms with Crippen LogP contribution in [0.4, 0.5) is 0 Å². The molecule has 0 spiro atoms. The topological polar surface area (TPSA) is 63.8 Å². The van der Waals surface area contributed by atoms with Gasteiger partial charge in [-0.05, 0) is 38.2 Å². The average molecular weight is 246 g/mol. The van der Waals surface area contributed by atoms with Crippen molar-refractivity contribution in [3.8, 4) is 0 Å². The first-order chi connectivity index (χ1) is 8.81. The van der Waals surface area contributed by atoms with Gasteiger partial charge in [0.2, 0.25) is 0 Å². The number of nitrogens with zero attached hydrogens (tertiary/aromatic N) is 2. The van der Waals surface area contributed by atoms with Gasteiger partial charge in [-0.2, -0.15) is 0 Å². The second-order valence-corrected chi connectivity index (χ2v) is 4.91. The van der Waals surface area contributed by atoms with Crippen molar-refractivity contribution in [2.45, 2.75) is 51.5 Å². The van der Waals surface area contributed by atoms with Crippen LogP contribution in [0.2, 0.25) is 0 Å². The second-order valence-electron chi connectivity index (χ2n) is 4.91. The van der Waals surface area contributed by atoms with E-state index in [4.69, 9.17) is 5.84 Å². The molecule has 1 atom stereocenters. The van der Waals surface area contributed by atoms with Crippen molar-refractivity contribution in [3.63, 3.8) is 0 Å². The summed E-state index contributed by atoms with van der Waals surface area (Å²) in [7, 11) is 0. The van der Waals surface area contributed by atoms with Gasteiger partial charge in [0.25, 0.3) is 0 Å². The van der Waals surface area contributed by atoms with E-state index in [0.717, 1.165) is 24.2 Å². The molecule has 0 aromatic carbocycles. The molecule has 3 N–H and O–H groups in total. The Balaban J connectivity index is 2.18. The Bertz CT molecular complexity index is 397. The fraction of sp³-hybridized carbons (Fsp3) is 0.571. The third kappa shape index (κ3) is 3.37. The maximum absolute atomic E-state index is 5.71. The zero-order valence-electron chi connectivity index (χ0n) is 11.0. The molecule has 1 aromatic rings. The van der Waals surface area contributed by atoms with E-state index in [0.29, 0.717) is 0 Å². The van der Waals surface area contributed by atoms with E-state index < -0.39 is 0 Å². The molecule has 0 bridgehead atoms. The molecular formula is C14H22N4. The zero-order valence-corrected chi connectivity index (χ0v) is 11.0. The van der Waals surface area contributed by atoms with Crippen LogP contribution in [-0.4, -0.2) is 9.97 Å². The lowest BCUT2D eigenvalue weighted by molar-refractivity contribution is 0.545. The van der Waals surface area contributed by atoms with Crippen LogP contribution in [0.1, 0.15) is 56.0 Å². The summed E-state index contributed by atoms with van der Waals surface area (Å²) in [4.78, 5) is 8.73. The van der Waals surface area contributed by atoms with Crippen LogP contribution in [0, 0.1) is 6.92 Å². The van der Waals surface area contributed by atoms with Gasteiger partial charge >= 0.3 is 0 Å². The summed E-state index contributed by atoms with van der Waals surface area (Å²) >= 11 is 0. The largest absolute Gasteiger partial charge is 0.271 e. The standard InChI is InChI=1S/C14H22N4/c1-11-9-17-13(10-16-11)14(18-15)12-7-5-3-2-4-6-8-12/h7,9-10,14,18H,2-6,8,15H2,1H3. The lowest BCUT2D eigenvalue weighted by Crippen LogP contribution is -2.30. The van der Waals surface area contributed by atoms with Crippen molar-refractivity contribution in [2.75, 3.05) is 0 Å². The van der Waals surface area contributed by atoms with Crippen molar-refractivity contribution in [1.29, 1.82) is 0 Å². The predicted octanol–water partition coefficient (Wildman–Crippen LogP) is 2.57. The minimum atomic E-state index is 0.0104. The van der Waals surface area contributed by atoms with E-state index in [-0.39, 0.29) is 6.04 Å². The van der Waals surface area contributed by atoms with E-state index in [1.165, 1.54) is 31.3 Å². The first-order valence-electron chi connectivity index (χ1n) is 6.75. The maximum atomic E-state index is 5.71. The summed E-state index contributed by atoms with van der Waals surface area (Å²) < 4.78 is 0. The van der Waals surface area contributed by atoms with Gasteiger partial charge in [-0.3, -0.25) is 15.8 Å². The molecule has 2 rings (SSSR count). The molecule has 0 saturated heterocycles. The van der Waals surface area contributed by atoms with Gasteiger partial charge in [-0.25, -0.2) is 5.43 Å². The molecule has 1 unspecified atom stereocenters. The third-order valence-electron chi connectivity index (χ3n) is 3.46. The summed E-state index contributed by atoms with van der Waals surface area (Å²) in [5.41, 5.74) is 6.09. The molecule has 4 heteroatoms. The molecule has 0 aliphatic heterocycles. The Kier molecular flexibility index (Phi) is 4.84. The first kappa shape index (κ1) is 13.2. The monoisotopic (exact) mass is 246 g/mol. The quantitative estimate of drug-likeness (QED) is 0.489. The van der Waals surface area contributed by atoms with E-state index in [1.54, 1.807) is 6.20 Å². The number of aromatic nitrogens is 2. The van der Waals surface area contributed by atoms with Crippen molar-refractivity contribution < 1.29 is 0 Å². The molecule has 0 radical (unpaired) electrons. The van der Waals surface area contributed by atoms with Gasteiger partial charge in [0.05, 0.1) is 23.6 Å². The normalized spacial score (nSPS) is 18.7. The van der Waals surface area contributed by atoms with E-state index in [1.807, 2.05) is 13.1 Å². The highest BCUT2D eigenvalue weighted by Crippen LogP contribution is 2.26. The average Bonchev–Trinajstić information content (AvgIpc) is 2.34. The molecule has 1 heterocycles. The molecule has 18 heavy (non-hydrogen) atoms. The summed E-state index contributed by atoms with van der Waals surface area (Å²) in [5, 5.41) is 0.